The average molecular weight is 380 g/mol. The highest BCUT2D eigenvalue weighted by Gasteiger charge is 2.15. The summed E-state index contributed by atoms with van der Waals surface area (Å²) in [7, 11) is 0. The molecule has 3 aromatic heterocycles. The van der Waals surface area contributed by atoms with E-state index in [0.717, 1.165) is 0 Å². The molecular formula is C18H17FN8O. The van der Waals surface area contributed by atoms with Crippen LogP contribution in [0, 0.1) is 5.82 Å². The molecule has 0 atom stereocenters. The van der Waals surface area contributed by atoms with Gasteiger partial charge < -0.3 is 4.57 Å². The molecule has 10 heteroatoms. The van der Waals surface area contributed by atoms with Crippen LogP contribution in [0.5, 0.6) is 0 Å². The molecule has 9 nitrogen and oxygen atoms in total. The Balaban J connectivity index is 1.54. The van der Waals surface area contributed by atoms with E-state index in [2.05, 4.69) is 36.0 Å². The highest BCUT2D eigenvalue weighted by atomic mass is 19.1. The molecule has 0 saturated heterocycles. The lowest BCUT2D eigenvalue weighted by molar-refractivity contribution is 0.262. The average Bonchev–Trinajstić information content (AvgIpc) is 3.30. The van der Waals surface area contributed by atoms with Crippen molar-refractivity contribution in [3.63, 3.8) is 0 Å². The number of rotatable bonds is 4. The van der Waals surface area contributed by atoms with Crippen LogP contribution in [0.25, 0.3) is 22.4 Å². The number of carbonyl (C=O) groups is 1. The predicted octanol–water partition coefficient (Wildman–Crippen LogP) is 3.58. The van der Waals surface area contributed by atoms with Crippen LogP contribution in [0.3, 0.4) is 0 Å². The zero-order valence-electron chi connectivity index (χ0n) is 15.1. The van der Waals surface area contributed by atoms with Gasteiger partial charge >= 0.3 is 6.03 Å². The maximum atomic E-state index is 14.0. The third-order valence-electron chi connectivity index (χ3n) is 4.12. The maximum absolute atomic E-state index is 14.0. The fourth-order valence-corrected chi connectivity index (χ4v) is 2.81. The zero-order chi connectivity index (χ0) is 19.7. The molecule has 0 fully saturated rings. The van der Waals surface area contributed by atoms with Gasteiger partial charge in [-0.05, 0) is 38.1 Å². The van der Waals surface area contributed by atoms with E-state index in [-0.39, 0.29) is 17.2 Å². The van der Waals surface area contributed by atoms with Crippen LogP contribution >= 0.6 is 0 Å². The Morgan fingerprint density at radius 1 is 1.18 bits per heavy atom. The zero-order valence-corrected chi connectivity index (χ0v) is 15.1. The second-order valence-corrected chi connectivity index (χ2v) is 6.38. The van der Waals surface area contributed by atoms with Gasteiger partial charge in [0.2, 0.25) is 0 Å². The van der Waals surface area contributed by atoms with Gasteiger partial charge in [0.25, 0.3) is 0 Å². The minimum Gasteiger partial charge on any atom is -0.310 e. The Hall–Kier alpha value is -3.82. The van der Waals surface area contributed by atoms with Crippen molar-refractivity contribution in [2.24, 2.45) is 0 Å². The van der Waals surface area contributed by atoms with E-state index < -0.39 is 11.8 Å². The molecule has 0 bridgehead atoms. The molecule has 0 aliphatic rings. The van der Waals surface area contributed by atoms with Crippen molar-refractivity contribution < 1.29 is 9.18 Å². The number of H-pyrrole nitrogens is 1. The summed E-state index contributed by atoms with van der Waals surface area (Å²) in [5.41, 5.74) is 1.06. The van der Waals surface area contributed by atoms with Gasteiger partial charge in [-0.25, -0.2) is 14.2 Å². The molecule has 0 unspecified atom stereocenters. The monoisotopic (exact) mass is 380 g/mol. The molecule has 4 aromatic rings. The maximum Gasteiger partial charge on any atom is 0.326 e. The third kappa shape index (κ3) is 3.27. The molecule has 142 valence electrons. The Morgan fingerprint density at radius 2 is 2.00 bits per heavy atom. The summed E-state index contributed by atoms with van der Waals surface area (Å²) in [5.74, 6) is 0.532. The minimum absolute atomic E-state index is 0.0984. The van der Waals surface area contributed by atoms with E-state index in [0.29, 0.717) is 22.9 Å². The molecule has 4 rings (SSSR count). The first-order valence-corrected chi connectivity index (χ1v) is 8.60. The lowest BCUT2D eigenvalue weighted by atomic mass is 10.2. The van der Waals surface area contributed by atoms with Crippen LogP contribution in [0.2, 0.25) is 0 Å². The molecule has 0 aliphatic carbocycles. The fraction of sp³-hybridized carbons (Fsp3) is 0.167. The molecular weight excluding hydrogens is 363 g/mol. The number of nitrogens with one attached hydrogen (secondary N) is 3. The summed E-state index contributed by atoms with van der Waals surface area (Å²) in [6, 6.07) is 9.28. The number of carbonyl (C=O) groups excluding carboxylic acids is 1. The lowest BCUT2D eigenvalue weighted by Gasteiger charge is -2.10. The molecule has 3 N–H and O–H groups in total. The fourth-order valence-electron chi connectivity index (χ4n) is 2.81. The number of aromatic amines is 1. The van der Waals surface area contributed by atoms with Gasteiger partial charge in [-0.2, -0.15) is 5.10 Å². The van der Waals surface area contributed by atoms with E-state index in [4.69, 9.17) is 0 Å². The van der Waals surface area contributed by atoms with E-state index in [1.54, 1.807) is 36.7 Å². The minimum atomic E-state index is -0.591. The van der Waals surface area contributed by atoms with Crippen molar-refractivity contribution in [2.75, 3.05) is 10.6 Å². The van der Waals surface area contributed by atoms with Gasteiger partial charge in [0.1, 0.15) is 23.7 Å². The normalized spacial score (nSPS) is 11.1. The van der Waals surface area contributed by atoms with Gasteiger partial charge in [0.15, 0.2) is 11.6 Å². The van der Waals surface area contributed by atoms with Crippen molar-refractivity contribution in [3.8, 4) is 11.5 Å². The number of benzene rings is 1. The third-order valence-corrected chi connectivity index (χ3v) is 4.12. The van der Waals surface area contributed by atoms with Gasteiger partial charge in [-0.3, -0.25) is 15.7 Å². The summed E-state index contributed by atoms with van der Waals surface area (Å²) in [6.45, 7) is 4.02. The van der Waals surface area contributed by atoms with Crippen molar-refractivity contribution in [1.29, 1.82) is 0 Å². The second-order valence-electron chi connectivity index (χ2n) is 6.38. The summed E-state index contributed by atoms with van der Waals surface area (Å²) >= 11 is 0. The first-order chi connectivity index (χ1) is 13.5. The van der Waals surface area contributed by atoms with Gasteiger partial charge in [-0.15, -0.1) is 10.2 Å². The number of aromatic nitrogens is 6. The van der Waals surface area contributed by atoms with Crippen LogP contribution < -0.4 is 10.6 Å². The van der Waals surface area contributed by atoms with Crippen LogP contribution in [0.1, 0.15) is 19.9 Å². The molecule has 28 heavy (non-hydrogen) atoms. The molecule has 3 heterocycles. The number of hydrogen-bond acceptors (Lipinski definition) is 5. The molecule has 0 aliphatic heterocycles. The predicted molar refractivity (Wildman–Crippen MR) is 102 cm³/mol. The number of amides is 2. The Labute approximate surface area is 159 Å². The van der Waals surface area contributed by atoms with Crippen LogP contribution in [0.15, 0.2) is 42.7 Å². The number of anilines is 2. The summed E-state index contributed by atoms with van der Waals surface area (Å²) in [6.07, 6.45) is 1.63. The van der Waals surface area contributed by atoms with Crippen molar-refractivity contribution in [2.45, 2.75) is 19.9 Å². The van der Waals surface area contributed by atoms with E-state index in [1.165, 1.54) is 6.07 Å². The van der Waals surface area contributed by atoms with Crippen molar-refractivity contribution in [3.05, 3.63) is 48.5 Å². The first kappa shape index (κ1) is 17.6. The number of nitrogens with zero attached hydrogens (tertiary/aromatic N) is 5. The van der Waals surface area contributed by atoms with E-state index in [9.17, 15) is 9.18 Å². The topological polar surface area (TPSA) is 113 Å². The van der Waals surface area contributed by atoms with Gasteiger partial charge in [0.05, 0.1) is 10.9 Å². The smallest absolute Gasteiger partial charge is 0.310 e. The van der Waals surface area contributed by atoms with Crippen molar-refractivity contribution >= 4 is 28.6 Å². The standard InChI is InChI=1S/C18H17FN8O/c1-10(2)27-9-20-26-17(27)13-7-4-8-14(21-13)22-18(28)23-16-15-11(19)5-3-6-12(15)24-25-16/h3-10H,1-2H3,(H3,21,22,23,24,25,28). The molecule has 0 radical (unpaired) electrons. The number of fused-ring (bicyclic) bond motifs is 1. The highest BCUT2D eigenvalue weighted by Crippen LogP contribution is 2.24. The number of pyridine rings is 1. The van der Waals surface area contributed by atoms with Crippen LogP contribution in [0.4, 0.5) is 20.8 Å². The van der Waals surface area contributed by atoms with E-state index in [1.807, 2.05) is 18.4 Å². The van der Waals surface area contributed by atoms with Gasteiger partial charge in [-0.1, -0.05) is 12.1 Å². The van der Waals surface area contributed by atoms with Crippen molar-refractivity contribution in [1.82, 2.24) is 29.9 Å². The molecule has 0 spiro atoms. The molecule has 2 amide bonds. The van der Waals surface area contributed by atoms with Gasteiger partial charge in [0, 0.05) is 6.04 Å². The Morgan fingerprint density at radius 3 is 2.82 bits per heavy atom. The lowest BCUT2D eigenvalue weighted by Crippen LogP contribution is -2.20. The second kappa shape index (κ2) is 7.06. The van der Waals surface area contributed by atoms with E-state index >= 15 is 0 Å². The Bertz CT molecular complexity index is 1150. The largest absolute Gasteiger partial charge is 0.326 e. The first-order valence-electron chi connectivity index (χ1n) is 8.60. The highest BCUT2D eigenvalue weighted by molar-refractivity contribution is 6.04. The number of halogens is 1. The quantitative estimate of drug-likeness (QED) is 0.501. The van der Waals surface area contributed by atoms with Crippen LogP contribution in [-0.4, -0.2) is 36.0 Å². The SMILES string of the molecule is CC(C)n1cnnc1-c1cccc(NC(=O)Nc2n[nH]c3cccc(F)c23)n1. The molecule has 0 saturated carbocycles. The number of hydrogen-bond donors (Lipinski definition) is 3. The molecule has 1 aromatic carbocycles. The summed E-state index contributed by atoms with van der Waals surface area (Å²) < 4.78 is 15.9. The van der Waals surface area contributed by atoms with Crippen LogP contribution in [-0.2, 0) is 0 Å². The number of urea groups is 1. The Kier molecular flexibility index (Phi) is 4.44. The summed E-state index contributed by atoms with van der Waals surface area (Å²) in [5, 5.41) is 20.0. The summed E-state index contributed by atoms with van der Waals surface area (Å²) in [4.78, 5) is 16.7.